The van der Waals surface area contributed by atoms with Crippen molar-refractivity contribution in [3.63, 3.8) is 0 Å². The zero-order chi connectivity index (χ0) is 13.7. The van der Waals surface area contributed by atoms with Crippen molar-refractivity contribution in [3.8, 4) is 11.3 Å². The summed E-state index contributed by atoms with van der Waals surface area (Å²) in [6.45, 7) is 10.1. The maximum absolute atomic E-state index is 5.56. The Balaban J connectivity index is 0.000000771. The van der Waals surface area contributed by atoms with E-state index in [1.165, 1.54) is 0 Å². The monoisotopic (exact) mass is 247 g/mol. The second kappa shape index (κ2) is 6.14. The number of nitrogens with two attached hydrogens (primary N) is 1. The third kappa shape index (κ3) is 3.06. The van der Waals surface area contributed by atoms with Gasteiger partial charge in [-0.05, 0) is 26.8 Å². The van der Waals surface area contributed by atoms with Crippen molar-refractivity contribution in [1.82, 2.24) is 19.7 Å². The van der Waals surface area contributed by atoms with Crippen LogP contribution in [0.1, 0.15) is 39.4 Å². The highest BCUT2D eigenvalue weighted by Gasteiger charge is 2.10. The number of nitrogens with zero attached hydrogens (tertiary/aromatic N) is 4. The molecule has 98 valence electrons. The van der Waals surface area contributed by atoms with Gasteiger partial charge >= 0.3 is 0 Å². The van der Waals surface area contributed by atoms with Crippen molar-refractivity contribution < 1.29 is 0 Å². The van der Waals surface area contributed by atoms with Crippen molar-refractivity contribution in [3.05, 3.63) is 24.2 Å². The molecule has 0 aromatic carbocycles. The molecule has 0 saturated heterocycles. The highest BCUT2D eigenvalue weighted by atomic mass is 15.3. The normalized spacial score (nSPS) is 10.1. The number of hydrogen-bond acceptors (Lipinski definition) is 4. The Labute approximate surface area is 108 Å². The van der Waals surface area contributed by atoms with Gasteiger partial charge in [0.25, 0.3) is 0 Å². The minimum Gasteiger partial charge on any atom is -0.368 e. The van der Waals surface area contributed by atoms with Crippen LogP contribution in [-0.4, -0.2) is 19.7 Å². The number of aryl methyl sites for hydroxylation is 1. The van der Waals surface area contributed by atoms with Crippen LogP contribution < -0.4 is 5.73 Å². The van der Waals surface area contributed by atoms with Crippen molar-refractivity contribution in [2.45, 2.75) is 40.7 Å². The number of aromatic nitrogens is 4. The largest absolute Gasteiger partial charge is 0.368 e. The van der Waals surface area contributed by atoms with Gasteiger partial charge in [0, 0.05) is 24.0 Å². The highest BCUT2D eigenvalue weighted by molar-refractivity contribution is 5.61. The molecule has 5 heteroatoms. The second-order valence-electron chi connectivity index (χ2n) is 4.00. The molecular weight excluding hydrogens is 226 g/mol. The van der Waals surface area contributed by atoms with Gasteiger partial charge in [-0.15, -0.1) is 0 Å². The molecule has 0 saturated carbocycles. The van der Waals surface area contributed by atoms with E-state index in [-0.39, 0.29) is 5.95 Å². The van der Waals surface area contributed by atoms with Crippen molar-refractivity contribution in [2.24, 2.45) is 0 Å². The molecule has 0 aliphatic rings. The van der Waals surface area contributed by atoms with Gasteiger partial charge in [0.05, 0.1) is 11.4 Å². The van der Waals surface area contributed by atoms with E-state index in [9.17, 15) is 0 Å². The molecule has 0 amide bonds. The van der Waals surface area contributed by atoms with Crippen LogP contribution in [0.2, 0.25) is 0 Å². The second-order valence-corrected chi connectivity index (χ2v) is 4.00. The predicted octanol–water partition coefficient (Wildman–Crippen LogP) is 2.84. The van der Waals surface area contributed by atoms with E-state index >= 15 is 0 Å². The Kier molecular flexibility index (Phi) is 4.83. The van der Waals surface area contributed by atoms with Crippen molar-refractivity contribution in [1.29, 1.82) is 0 Å². The van der Waals surface area contributed by atoms with E-state index in [1.807, 2.05) is 37.7 Å². The van der Waals surface area contributed by atoms with Gasteiger partial charge in [0.2, 0.25) is 5.95 Å². The predicted molar refractivity (Wildman–Crippen MR) is 74.1 cm³/mol. The molecule has 0 bridgehead atoms. The molecule has 5 nitrogen and oxygen atoms in total. The fraction of sp³-hybridized carbons (Fsp3) is 0.462. The van der Waals surface area contributed by atoms with Crippen molar-refractivity contribution in [2.75, 3.05) is 5.73 Å². The van der Waals surface area contributed by atoms with Crippen LogP contribution in [0.15, 0.2) is 18.5 Å². The Bertz CT molecular complexity index is 502. The Hall–Kier alpha value is -1.91. The average Bonchev–Trinajstić information content (AvgIpc) is 2.74. The summed E-state index contributed by atoms with van der Waals surface area (Å²) in [6, 6.07) is 2.18. The number of rotatable bonds is 2. The van der Waals surface area contributed by atoms with Crippen LogP contribution >= 0.6 is 0 Å². The minimum atomic E-state index is 0.286. The summed E-state index contributed by atoms with van der Waals surface area (Å²) < 4.78 is 1.92. The SMILES string of the molecule is CC.Cc1nn(C(C)C)cc1-c1ccnc(N)n1. The van der Waals surface area contributed by atoms with Gasteiger partial charge in [-0.2, -0.15) is 5.10 Å². The van der Waals surface area contributed by atoms with E-state index < -0.39 is 0 Å². The lowest BCUT2D eigenvalue weighted by Crippen LogP contribution is -2.00. The third-order valence-corrected chi connectivity index (χ3v) is 2.40. The molecule has 2 aromatic heterocycles. The molecular formula is C13H21N5. The molecule has 0 aliphatic carbocycles. The molecule has 0 atom stereocenters. The van der Waals surface area contributed by atoms with Gasteiger partial charge in [-0.3, -0.25) is 4.68 Å². The van der Waals surface area contributed by atoms with Crippen LogP contribution in [0.5, 0.6) is 0 Å². The van der Waals surface area contributed by atoms with Crippen LogP contribution in [0, 0.1) is 6.92 Å². The molecule has 2 rings (SSSR count). The molecule has 0 fully saturated rings. The van der Waals surface area contributed by atoms with E-state index in [0.29, 0.717) is 6.04 Å². The fourth-order valence-corrected chi connectivity index (χ4v) is 1.52. The molecule has 0 unspecified atom stereocenters. The Morgan fingerprint density at radius 2 is 1.94 bits per heavy atom. The van der Waals surface area contributed by atoms with E-state index in [0.717, 1.165) is 17.0 Å². The van der Waals surface area contributed by atoms with Gasteiger partial charge in [0.15, 0.2) is 0 Å². The van der Waals surface area contributed by atoms with Gasteiger partial charge in [-0.1, -0.05) is 13.8 Å². The average molecular weight is 247 g/mol. The summed E-state index contributed by atoms with van der Waals surface area (Å²) in [5.74, 6) is 0.286. The van der Waals surface area contributed by atoms with Crippen LogP contribution in [0.25, 0.3) is 11.3 Å². The van der Waals surface area contributed by atoms with Gasteiger partial charge in [-0.25, -0.2) is 9.97 Å². The number of hydrogen-bond donors (Lipinski definition) is 1. The first kappa shape index (κ1) is 14.2. The number of anilines is 1. The van der Waals surface area contributed by atoms with Gasteiger partial charge < -0.3 is 5.73 Å². The van der Waals surface area contributed by atoms with Gasteiger partial charge in [0.1, 0.15) is 0 Å². The summed E-state index contributed by atoms with van der Waals surface area (Å²) in [5, 5.41) is 4.43. The molecule has 2 N–H and O–H groups in total. The van der Waals surface area contributed by atoms with Crippen LogP contribution in [-0.2, 0) is 0 Å². The maximum Gasteiger partial charge on any atom is 0.220 e. The van der Waals surface area contributed by atoms with Crippen molar-refractivity contribution >= 4 is 5.95 Å². The zero-order valence-corrected chi connectivity index (χ0v) is 11.7. The molecule has 2 aromatic rings. The fourth-order valence-electron chi connectivity index (χ4n) is 1.52. The molecule has 2 heterocycles. The first-order chi connectivity index (χ1) is 8.58. The standard InChI is InChI=1S/C11H15N5.C2H6/c1-7(2)16-6-9(8(3)15-16)10-4-5-13-11(12)14-10;1-2/h4-7H,1-3H3,(H2,12,13,14);1-2H3. The minimum absolute atomic E-state index is 0.286. The zero-order valence-electron chi connectivity index (χ0n) is 11.7. The molecule has 0 aliphatic heterocycles. The smallest absolute Gasteiger partial charge is 0.220 e. The Morgan fingerprint density at radius 1 is 1.28 bits per heavy atom. The summed E-state index contributed by atoms with van der Waals surface area (Å²) in [7, 11) is 0. The topological polar surface area (TPSA) is 69.6 Å². The third-order valence-electron chi connectivity index (χ3n) is 2.40. The van der Waals surface area contributed by atoms with E-state index in [4.69, 9.17) is 5.73 Å². The van der Waals surface area contributed by atoms with E-state index in [2.05, 4.69) is 28.9 Å². The quantitative estimate of drug-likeness (QED) is 0.886. The first-order valence-corrected chi connectivity index (χ1v) is 6.22. The first-order valence-electron chi connectivity index (χ1n) is 6.22. The summed E-state index contributed by atoms with van der Waals surface area (Å²) in [4.78, 5) is 8.07. The maximum atomic E-state index is 5.56. The lowest BCUT2D eigenvalue weighted by Gasteiger charge is -2.02. The Morgan fingerprint density at radius 3 is 2.44 bits per heavy atom. The number of nitrogen functional groups attached to an aromatic ring is 1. The van der Waals surface area contributed by atoms with Crippen LogP contribution in [0.4, 0.5) is 5.95 Å². The molecule has 0 radical (unpaired) electrons. The lowest BCUT2D eigenvalue weighted by molar-refractivity contribution is 0.529. The lowest BCUT2D eigenvalue weighted by atomic mass is 10.2. The van der Waals surface area contributed by atoms with Crippen LogP contribution in [0.3, 0.4) is 0 Å². The summed E-state index contributed by atoms with van der Waals surface area (Å²) in [5.41, 5.74) is 8.33. The summed E-state index contributed by atoms with van der Waals surface area (Å²) in [6.07, 6.45) is 3.64. The molecule has 18 heavy (non-hydrogen) atoms. The summed E-state index contributed by atoms with van der Waals surface area (Å²) >= 11 is 0. The molecule has 0 spiro atoms. The van der Waals surface area contributed by atoms with E-state index in [1.54, 1.807) is 6.20 Å². The highest BCUT2D eigenvalue weighted by Crippen LogP contribution is 2.21.